The lowest BCUT2D eigenvalue weighted by atomic mass is 9.89. The number of benzene rings is 2. The van der Waals surface area contributed by atoms with Gasteiger partial charge in [-0.15, -0.1) is 0 Å². The van der Waals surface area contributed by atoms with Crippen molar-refractivity contribution in [3.8, 4) is 5.75 Å². The number of fused-ring (bicyclic) bond motifs is 6. The Morgan fingerprint density at radius 2 is 1.95 bits per heavy atom. The molecule has 2 aromatic carbocycles. The predicted molar refractivity (Wildman–Crippen MR) is 160 cm³/mol. The molecule has 2 fully saturated rings. The average molecular weight is 602 g/mol. The molecule has 2 N–H and O–H groups in total. The second kappa shape index (κ2) is 12.5. The third-order valence-electron chi connectivity index (χ3n) is 8.30. The summed E-state index contributed by atoms with van der Waals surface area (Å²) in [6.45, 7) is 5.80. The van der Waals surface area contributed by atoms with Gasteiger partial charge in [0.1, 0.15) is 12.4 Å². The number of carbonyl (C=O) groups excluding carboxylic acids is 4. The summed E-state index contributed by atoms with van der Waals surface area (Å²) in [6, 6.07) is 12.7. The molecule has 3 aromatic rings. The van der Waals surface area contributed by atoms with E-state index in [4.69, 9.17) is 14.3 Å². The number of hydrogen-bond acceptors (Lipinski definition) is 7. The fourth-order valence-electron chi connectivity index (χ4n) is 6.03. The second-order valence-corrected chi connectivity index (χ2v) is 11.1. The third kappa shape index (κ3) is 5.78. The molecule has 4 heterocycles. The van der Waals surface area contributed by atoms with Crippen molar-refractivity contribution in [2.24, 2.45) is 0 Å². The summed E-state index contributed by atoms with van der Waals surface area (Å²) in [6.07, 6.45) is 3.50. The number of urea groups is 1. The highest BCUT2D eigenvalue weighted by Gasteiger charge is 2.44. The van der Waals surface area contributed by atoms with Gasteiger partial charge in [0.2, 0.25) is 11.8 Å². The second-order valence-electron chi connectivity index (χ2n) is 11.1. The van der Waals surface area contributed by atoms with Crippen LogP contribution in [0.2, 0.25) is 0 Å². The molecule has 6 rings (SSSR count). The minimum Gasteiger partial charge on any atom is -0.492 e. The molecule has 230 valence electrons. The molecule has 12 nitrogen and oxygen atoms in total. The molecular weight excluding hydrogens is 566 g/mol. The van der Waals surface area contributed by atoms with Gasteiger partial charge in [0.15, 0.2) is 6.29 Å². The maximum atomic E-state index is 13.3. The zero-order chi connectivity index (χ0) is 30.8. The number of imide groups is 1. The molecule has 0 spiro atoms. The van der Waals surface area contributed by atoms with Crippen molar-refractivity contribution in [1.29, 1.82) is 0 Å². The summed E-state index contributed by atoms with van der Waals surface area (Å²) >= 11 is 0. The number of nitrogens with one attached hydrogen (secondary N) is 2. The molecule has 2 saturated heterocycles. The van der Waals surface area contributed by atoms with Crippen LogP contribution in [0, 0.1) is 0 Å². The predicted octanol–water partition coefficient (Wildman–Crippen LogP) is 3.05. The van der Waals surface area contributed by atoms with Crippen molar-refractivity contribution in [3.63, 3.8) is 0 Å². The summed E-state index contributed by atoms with van der Waals surface area (Å²) in [4.78, 5) is 58.6. The van der Waals surface area contributed by atoms with Crippen molar-refractivity contribution in [3.05, 3.63) is 77.5 Å². The smallest absolute Gasteiger partial charge is 0.326 e. The number of ether oxygens (including phenoxy) is 2. The standard InChI is InChI=1S/C32H35N5O7/c1-3-27(38)33-13-15-42-22-11-12-25-23(16-22)29-24-18-36(32(41)35(2)31(24)40)19-26(29)37(25)17-20-7-9-21(10-8-20)30(39)34-44-28-6-4-5-14-43-28/h3,7-12,16,24,28H,1,4-6,13-15,17-19H2,2H3,(H,33,38)(H,34,39). The molecule has 2 unspecified atom stereocenters. The van der Waals surface area contributed by atoms with Crippen LogP contribution in [-0.2, 0) is 32.3 Å². The normalized spacial score (nSPS) is 19.5. The van der Waals surface area contributed by atoms with E-state index in [1.165, 1.54) is 18.0 Å². The number of aromatic nitrogens is 1. The SMILES string of the molecule is C=CC(=O)NCCOc1ccc2c(c1)c1c(n2Cc2ccc(C(=O)NOC3CCCCO3)cc2)CN2CC1C(=O)N(C)C2=O. The average Bonchev–Trinajstić information content (AvgIpc) is 3.36. The van der Waals surface area contributed by atoms with E-state index in [-0.39, 0.29) is 30.4 Å². The van der Waals surface area contributed by atoms with E-state index >= 15 is 0 Å². The molecule has 5 amide bonds. The Morgan fingerprint density at radius 1 is 1.14 bits per heavy atom. The topological polar surface area (TPSA) is 131 Å². The first-order valence-electron chi connectivity index (χ1n) is 14.7. The van der Waals surface area contributed by atoms with Gasteiger partial charge in [-0.1, -0.05) is 18.7 Å². The van der Waals surface area contributed by atoms with E-state index < -0.39 is 12.2 Å². The van der Waals surface area contributed by atoms with Crippen molar-refractivity contribution < 1.29 is 33.5 Å². The zero-order valence-electron chi connectivity index (χ0n) is 24.5. The quantitative estimate of drug-likeness (QED) is 0.208. The van der Waals surface area contributed by atoms with Crippen molar-refractivity contribution in [2.75, 3.05) is 33.4 Å². The van der Waals surface area contributed by atoms with Crippen LogP contribution in [0.4, 0.5) is 4.79 Å². The third-order valence-corrected chi connectivity index (χ3v) is 8.30. The molecule has 0 radical (unpaired) electrons. The van der Waals surface area contributed by atoms with Gasteiger partial charge in [-0.2, -0.15) is 0 Å². The molecular formula is C32H35N5O7. The minimum absolute atomic E-state index is 0.235. The van der Waals surface area contributed by atoms with E-state index in [0.29, 0.717) is 44.1 Å². The highest BCUT2D eigenvalue weighted by atomic mass is 16.8. The molecule has 12 heteroatoms. The first-order valence-corrected chi connectivity index (χ1v) is 14.7. The van der Waals surface area contributed by atoms with E-state index in [0.717, 1.165) is 47.0 Å². The van der Waals surface area contributed by atoms with Gasteiger partial charge in [-0.05, 0) is 60.4 Å². The highest BCUT2D eigenvalue weighted by Crippen LogP contribution is 2.41. The maximum Gasteiger partial charge on any atom is 0.326 e. The molecule has 1 aromatic heterocycles. The summed E-state index contributed by atoms with van der Waals surface area (Å²) in [7, 11) is 1.52. The minimum atomic E-state index is -0.494. The lowest BCUT2D eigenvalue weighted by molar-refractivity contribution is -0.186. The highest BCUT2D eigenvalue weighted by molar-refractivity contribution is 6.04. The molecule has 44 heavy (non-hydrogen) atoms. The number of nitrogens with zero attached hydrogens (tertiary/aromatic N) is 3. The molecule has 3 aliphatic rings. The summed E-state index contributed by atoms with van der Waals surface area (Å²) in [5, 5.41) is 3.57. The number of rotatable bonds is 10. The summed E-state index contributed by atoms with van der Waals surface area (Å²) in [5.41, 5.74) is 6.57. The Kier molecular flexibility index (Phi) is 8.36. The number of amides is 5. The van der Waals surface area contributed by atoms with Crippen LogP contribution in [0.5, 0.6) is 5.75 Å². The first-order chi connectivity index (χ1) is 21.3. The van der Waals surface area contributed by atoms with Crippen LogP contribution in [-0.4, -0.2) is 77.8 Å². The Hall–Kier alpha value is -4.68. The first kappa shape index (κ1) is 29.4. The Labute approximate surface area is 254 Å². The lowest BCUT2D eigenvalue weighted by Gasteiger charge is -2.41. The Morgan fingerprint density at radius 3 is 2.70 bits per heavy atom. The Bertz CT molecular complexity index is 1610. The number of hydrogen-bond donors (Lipinski definition) is 2. The van der Waals surface area contributed by atoms with Crippen LogP contribution < -0.4 is 15.5 Å². The van der Waals surface area contributed by atoms with Crippen LogP contribution in [0.25, 0.3) is 10.9 Å². The maximum absolute atomic E-state index is 13.3. The summed E-state index contributed by atoms with van der Waals surface area (Å²) < 4.78 is 13.5. The largest absolute Gasteiger partial charge is 0.492 e. The fourth-order valence-corrected chi connectivity index (χ4v) is 6.03. The van der Waals surface area contributed by atoms with Gasteiger partial charge in [-0.3, -0.25) is 19.3 Å². The monoisotopic (exact) mass is 601 g/mol. The van der Waals surface area contributed by atoms with Gasteiger partial charge in [0.25, 0.3) is 5.91 Å². The van der Waals surface area contributed by atoms with Gasteiger partial charge >= 0.3 is 6.03 Å². The van der Waals surface area contributed by atoms with Crippen LogP contribution in [0.15, 0.2) is 55.1 Å². The van der Waals surface area contributed by atoms with E-state index in [9.17, 15) is 19.2 Å². The van der Waals surface area contributed by atoms with Crippen molar-refractivity contribution >= 4 is 34.7 Å². The number of hydroxylamine groups is 1. The molecule has 2 atom stereocenters. The molecule has 3 aliphatic heterocycles. The lowest BCUT2D eigenvalue weighted by Crippen LogP contribution is -2.56. The van der Waals surface area contributed by atoms with Gasteiger partial charge in [-0.25, -0.2) is 15.1 Å². The van der Waals surface area contributed by atoms with Crippen molar-refractivity contribution in [1.82, 2.24) is 25.2 Å². The van der Waals surface area contributed by atoms with Crippen LogP contribution >= 0.6 is 0 Å². The molecule has 0 saturated carbocycles. The van der Waals surface area contributed by atoms with E-state index in [2.05, 4.69) is 21.9 Å². The number of carbonyl (C=O) groups is 4. The number of likely N-dealkylation sites (N-methyl/N-ethyl adjacent to an activating group) is 1. The fraction of sp³-hybridized carbons (Fsp3) is 0.375. The van der Waals surface area contributed by atoms with E-state index in [1.54, 1.807) is 17.0 Å². The van der Waals surface area contributed by atoms with Gasteiger partial charge < -0.3 is 24.3 Å². The van der Waals surface area contributed by atoms with Crippen molar-refractivity contribution in [2.45, 2.75) is 44.6 Å². The van der Waals surface area contributed by atoms with Gasteiger partial charge in [0.05, 0.1) is 19.0 Å². The van der Waals surface area contributed by atoms with Crippen LogP contribution in [0.1, 0.15) is 52.4 Å². The van der Waals surface area contributed by atoms with Crippen LogP contribution in [0.3, 0.4) is 0 Å². The Balaban J connectivity index is 1.26. The molecule has 2 bridgehead atoms. The zero-order valence-corrected chi connectivity index (χ0v) is 24.5. The van der Waals surface area contributed by atoms with Gasteiger partial charge in [0, 0.05) is 55.3 Å². The molecule has 0 aliphatic carbocycles. The van der Waals surface area contributed by atoms with E-state index in [1.807, 2.05) is 30.3 Å². The summed E-state index contributed by atoms with van der Waals surface area (Å²) in [5.74, 6) is -0.748.